The molecule has 0 heterocycles. The van der Waals surface area contributed by atoms with Gasteiger partial charge in [-0.25, -0.2) is 0 Å². The van der Waals surface area contributed by atoms with Crippen LogP contribution in [-0.2, 0) is 21.1 Å². The van der Waals surface area contributed by atoms with Crippen molar-refractivity contribution >= 4 is 0 Å². The molecule has 0 aromatic heterocycles. The van der Waals surface area contributed by atoms with Crippen LogP contribution in [0.5, 0.6) is 0 Å². The zero-order valence-electron chi connectivity index (χ0n) is 5.15. The van der Waals surface area contributed by atoms with Crippen molar-refractivity contribution in [2.24, 2.45) is 0 Å². The predicted molar refractivity (Wildman–Crippen MR) is 27.6 cm³/mol. The van der Waals surface area contributed by atoms with Crippen molar-refractivity contribution in [1.82, 2.24) is 12.3 Å². The minimum Gasteiger partial charge on any atom is -0.344 e. The molecule has 8 N–H and O–H groups in total. The molecule has 0 spiro atoms. The Hall–Kier alpha value is -0.992. The van der Waals surface area contributed by atoms with Gasteiger partial charge in [-0.05, 0) is 0 Å². The van der Waals surface area contributed by atoms with E-state index < -0.39 is 10.2 Å². The molecular weight excluding hydrogens is 347 g/mol. The molecule has 0 aromatic rings. The molecule has 0 atom stereocenters. The van der Waals surface area contributed by atoms with Gasteiger partial charge in [0.05, 0.1) is 0 Å². The van der Waals surface area contributed by atoms with E-state index in [1.807, 2.05) is 0 Å². The maximum Gasteiger partial charge on any atom is 0.291 e. The van der Waals surface area contributed by atoms with Gasteiger partial charge in [0.2, 0.25) is 0 Å². The summed E-state index contributed by atoms with van der Waals surface area (Å²) in [6.45, 7) is 0. The first-order valence-electron chi connectivity index (χ1n) is 1.13. The summed E-state index contributed by atoms with van der Waals surface area (Å²) < 4.78 is 0. The molecule has 0 bridgehead atoms. The van der Waals surface area contributed by atoms with Gasteiger partial charge in [0.15, 0.2) is 0 Å². The topological polar surface area (TPSA) is 197 Å². The van der Waals surface area contributed by atoms with E-state index in [1.54, 1.807) is 0 Å². The zero-order chi connectivity index (χ0) is 7.15. The van der Waals surface area contributed by atoms with E-state index in [9.17, 15) is 0 Å². The van der Waals surface area contributed by atoms with Crippen LogP contribution in [0.3, 0.4) is 0 Å². The molecule has 11 heteroatoms. The Morgan fingerprint density at radius 1 is 0.909 bits per heavy atom. The third-order valence-electron chi connectivity index (χ3n) is 0. The fourth-order valence-corrected chi connectivity index (χ4v) is 0. The van der Waals surface area contributed by atoms with Crippen molar-refractivity contribution in [2.45, 2.75) is 0 Å². The summed E-state index contributed by atoms with van der Waals surface area (Å²) in [4.78, 5) is 16.7. The smallest absolute Gasteiger partial charge is 0.291 e. The maximum atomic E-state index is 8.36. The molecule has 0 aromatic carbocycles. The molecule has 0 saturated heterocycles. The van der Waals surface area contributed by atoms with Gasteiger partial charge < -0.3 is 22.7 Å². The zero-order valence-corrected chi connectivity index (χ0v) is 7.42. The Morgan fingerprint density at radius 2 is 0.909 bits per heavy atom. The number of nitrogens with zero attached hydrogens (tertiary/aromatic N) is 2. The van der Waals surface area contributed by atoms with Crippen LogP contribution in [0, 0.1) is 20.2 Å². The standard InChI is InChI=1S/2HNO3.2H3N.Pt/c2*2-1(3)4;;;/h2*(H,2,3,4);2*1H3;. The van der Waals surface area contributed by atoms with E-state index >= 15 is 0 Å². The Labute approximate surface area is 74.8 Å². The average Bonchev–Trinajstić information content (AvgIpc) is 1.25. The van der Waals surface area contributed by atoms with Crippen molar-refractivity contribution in [3.63, 3.8) is 0 Å². The summed E-state index contributed by atoms with van der Waals surface area (Å²) >= 11 is 0. The van der Waals surface area contributed by atoms with Gasteiger partial charge in [-0.2, -0.15) is 0 Å². The summed E-state index contributed by atoms with van der Waals surface area (Å²) in [5.74, 6) is 0. The Morgan fingerprint density at radius 3 is 0.909 bits per heavy atom. The molecule has 0 radical (unpaired) electrons. The second-order valence-corrected chi connectivity index (χ2v) is 0.476. The van der Waals surface area contributed by atoms with Crippen LogP contribution in [0.4, 0.5) is 0 Å². The minimum absolute atomic E-state index is 0. The van der Waals surface area contributed by atoms with Gasteiger partial charge in [-0.15, -0.1) is 20.2 Å². The molecule has 11 heavy (non-hydrogen) atoms. The Kier molecular flexibility index (Phi) is 67.8. The van der Waals surface area contributed by atoms with Crippen LogP contribution in [0.1, 0.15) is 0 Å². The minimum atomic E-state index is -1.50. The van der Waals surface area contributed by atoms with Crippen molar-refractivity contribution in [3.8, 4) is 0 Å². The first kappa shape index (κ1) is 32.4. The van der Waals surface area contributed by atoms with Crippen LogP contribution in [0.2, 0.25) is 0 Å². The van der Waals surface area contributed by atoms with Crippen molar-refractivity contribution in [2.75, 3.05) is 0 Å². The normalized spacial score (nSPS) is 4.36. The van der Waals surface area contributed by atoms with E-state index in [0.29, 0.717) is 0 Å². The largest absolute Gasteiger partial charge is 0.344 e. The molecule has 0 fully saturated rings. The van der Waals surface area contributed by atoms with Crippen molar-refractivity contribution < 1.29 is 41.7 Å². The first-order valence-corrected chi connectivity index (χ1v) is 1.13. The maximum absolute atomic E-state index is 8.36. The fourth-order valence-electron chi connectivity index (χ4n) is 0. The summed E-state index contributed by atoms with van der Waals surface area (Å²) in [7, 11) is 0. The molecular formula is H8N4O6Pt. The average molecular weight is 355 g/mol. The van der Waals surface area contributed by atoms with Gasteiger partial charge in [0.1, 0.15) is 0 Å². The Bertz CT molecular complexity index is 72.6. The van der Waals surface area contributed by atoms with E-state index in [4.69, 9.17) is 30.6 Å². The fraction of sp³-hybridized carbons (Fsp3) is 0. The van der Waals surface area contributed by atoms with Gasteiger partial charge in [-0.3, -0.25) is 0 Å². The van der Waals surface area contributed by atoms with Crippen molar-refractivity contribution in [3.05, 3.63) is 20.2 Å². The van der Waals surface area contributed by atoms with E-state index in [-0.39, 0.29) is 33.4 Å². The number of hydrogen-bond acceptors (Lipinski definition) is 6. The summed E-state index contributed by atoms with van der Waals surface area (Å²) in [6, 6.07) is 0. The molecule has 0 amide bonds. The van der Waals surface area contributed by atoms with E-state index in [2.05, 4.69) is 0 Å². The molecule has 0 rings (SSSR count). The molecule has 0 saturated carbocycles. The quantitative estimate of drug-likeness (QED) is 0.333. The van der Waals surface area contributed by atoms with Gasteiger partial charge in [0, 0.05) is 21.1 Å². The third-order valence-corrected chi connectivity index (χ3v) is 0. The van der Waals surface area contributed by atoms with Crippen LogP contribution >= 0.6 is 0 Å². The SMILES string of the molecule is N.N.O=[N+]([O-])O.O=[N+]([O-])O.[Pt]. The first-order chi connectivity index (χ1) is 3.46. The van der Waals surface area contributed by atoms with Gasteiger partial charge in [0.25, 0.3) is 10.2 Å². The van der Waals surface area contributed by atoms with Crippen LogP contribution < -0.4 is 12.3 Å². The van der Waals surface area contributed by atoms with Crippen LogP contribution in [-0.4, -0.2) is 20.6 Å². The van der Waals surface area contributed by atoms with E-state index in [1.165, 1.54) is 0 Å². The van der Waals surface area contributed by atoms with Gasteiger partial charge >= 0.3 is 0 Å². The predicted octanol–water partition coefficient (Wildman–Crippen LogP) is -0.374. The van der Waals surface area contributed by atoms with E-state index in [0.717, 1.165) is 0 Å². The second-order valence-electron chi connectivity index (χ2n) is 0.476. The number of rotatable bonds is 0. The van der Waals surface area contributed by atoms with Gasteiger partial charge in [-0.1, -0.05) is 0 Å². The van der Waals surface area contributed by atoms with Crippen molar-refractivity contribution in [1.29, 1.82) is 0 Å². The summed E-state index contributed by atoms with van der Waals surface area (Å²) in [6.07, 6.45) is 0. The molecule has 10 nitrogen and oxygen atoms in total. The summed E-state index contributed by atoms with van der Waals surface area (Å²) in [5.41, 5.74) is 0. The molecule has 0 aliphatic heterocycles. The molecule has 74 valence electrons. The molecule has 0 aliphatic carbocycles. The molecule has 0 unspecified atom stereocenters. The Balaban J connectivity index is -0.0000000171. The third kappa shape index (κ3) is 450. The van der Waals surface area contributed by atoms with Crippen LogP contribution in [0.15, 0.2) is 0 Å². The van der Waals surface area contributed by atoms with Crippen LogP contribution in [0.25, 0.3) is 0 Å². The molecule has 0 aliphatic rings. The number of hydrogen-bond donors (Lipinski definition) is 4. The second kappa shape index (κ2) is 23.0. The monoisotopic (exact) mass is 355 g/mol. The summed E-state index contributed by atoms with van der Waals surface area (Å²) in [5, 5.41) is 27.3.